The van der Waals surface area contributed by atoms with Crippen LogP contribution in [-0.2, 0) is 9.53 Å². The van der Waals surface area contributed by atoms with Gasteiger partial charge < -0.3 is 9.64 Å². The lowest BCUT2D eigenvalue weighted by atomic mass is 10.3. The van der Waals surface area contributed by atoms with E-state index in [0.29, 0.717) is 18.4 Å². The lowest BCUT2D eigenvalue weighted by Crippen LogP contribution is -2.34. The van der Waals surface area contributed by atoms with Crippen molar-refractivity contribution < 1.29 is 9.53 Å². The average molecular weight is 275 g/mol. The van der Waals surface area contributed by atoms with Gasteiger partial charge in [-0.2, -0.15) is 14.6 Å². The van der Waals surface area contributed by atoms with Crippen molar-refractivity contribution in [2.24, 2.45) is 0 Å². The number of rotatable bonds is 5. The summed E-state index contributed by atoms with van der Waals surface area (Å²) in [4.78, 5) is 22.3. The Kier molecular flexibility index (Phi) is 3.25. The molecule has 0 amide bonds. The minimum absolute atomic E-state index is 0.220. The molecule has 0 saturated heterocycles. The molecule has 2 aromatic rings. The topological polar surface area (TPSA) is 72.6 Å². The zero-order valence-corrected chi connectivity index (χ0v) is 11.6. The first-order valence-electron chi connectivity index (χ1n) is 6.78. The third-order valence-corrected chi connectivity index (χ3v) is 3.25. The maximum atomic E-state index is 11.8. The van der Waals surface area contributed by atoms with E-state index in [1.54, 1.807) is 4.52 Å². The lowest BCUT2D eigenvalue weighted by Gasteiger charge is -2.23. The zero-order valence-electron chi connectivity index (χ0n) is 11.6. The molecule has 3 rings (SSSR count). The summed E-state index contributed by atoms with van der Waals surface area (Å²) in [6, 6.07) is 2.30. The first-order valence-corrected chi connectivity index (χ1v) is 6.78. The van der Waals surface area contributed by atoms with Gasteiger partial charge in [-0.15, -0.1) is 0 Å². The van der Waals surface area contributed by atoms with Crippen molar-refractivity contribution in [1.82, 2.24) is 19.6 Å². The molecule has 1 saturated carbocycles. The Labute approximate surface area is 116 Å². The van der Waals surface area contributed by atoms with Crippen LogP contribution in [0.1, 0.15) is 25.5 Å². The van der Waals surface area contributed by atoms with Gasteiger partial charge in [-0.05, 0) is 26.7 Å². The number of aromatic nitrogens is 4. The number of hydrogen-bond acceptors (Lipinski definition) is 6. The van der Waals surface area contributed by atoms with Crippen molar-refractivity contribution in [2.75, 3.05) is 18.1 Å². The summed E-state index contributed by atoms with van der Waals surface area (Å²) in [6.07, 6.45) is 3.63. The summed E-state index contributed by atoms with van der Waals surface area (Å²) >= 11 is 0. The van der Waals surface area contributed by atoms with Crippen LogP contribution in [-0.4, -0.2) is 44.7 Å². The third kappa shape index (κ3) is 2.43. The van der Waals surface area contributed by atoms with Crippen molar-refractivity contribution in [1.29, 1.82) is 0 Å². The standard InChI is InChI=1S/C13H17N5O2/c1-3-20-12(19)7-17(10-4-5-10)11-6-9(2)16-13-14-8-15-18(11)13/h6,8,10H,3-5,7H2,1-2H3. The summed E-state index contributed by atoms with van der Waals surface area (Å²) in [5.41, 5.74) is 0.856. The SMILES string of the molecule is CCOC(=O)CN(c1cc(C)nc2ncnn12)C1CC1. The second kappa shape index (κ2) is 5.07. The molecule has 0 aromatic carbocycles. The van der Waals surface area contributed by atoms with Gasteiger partial charge in [0.15, 0.2) is 0 Å². The van der Waals surface area contributed by atoms with Crippen LogP contribution in [0.3, 0.4) is 0 Å². The van der Waals surface area contributed by atoms with Crippen LogP contribution < -0.4 is 4.90 Å². The van der Waals surface area contributed by atoms with Gasteiger partial charge in [0.1, 0.15) is 18.7 Å². The molecule has 0 N–H and O–H groups in total. The minimum Gasteiger partial charge on any atom is -0.465 e. The molecule has 106 valence electrons. The van der Waals surface area contributed by atoms with Gasteiger partial charge in [-0.1, -0.05) is 0 Å². The summed E-state index contributed by atoms with van der Waals surface area (Å²) in [6.45, 7) is 4.35. The fourth-order valence-corrected chi connectivity index (χ4v) is 2.24. The normalized spacial score (nSPS) is 14.5. The summed E-state index contributed by atoms with van der Waals surface area (Å²) in [7, 11) is 0. The van der Waals surface area contributed by atoms with Crippen LogP contribution >= 0.6 is 0 Å². The Morgan fingerprint density at radius 3 is 3.05 bits per heavy atom. The summed E-state index contributed by atoms with van der Waals surface area (Å²) in [5.74, 6) is 1.18. The van der Waals surface area contributed by atoms with Crippen LogP contribution in [0, 0.1) is 6.92 Å². The summed E-state index contributed by atoms with van der Waals surface area (Å²) < 4.78 is 6.73. The first kappa shape index (κ1) is 12.8. The van der Waals surface area contributed by atoms with Crippen molar-refractivity contribution in [2.45, 2.75) is 32.7 Å². The molecule has 1 fully saturated rings. The van der Waals surface area contributed by atoms with Crippen molar-refractivity contribution in [3.8, 4) is 0 Å². The number of ether oxygens (including phenoxy) is 1. The van der Waals surface area contributed by atoms with Gasteiger partial charge in [0.05, 0.1) is 6.61 Å². The fraction of sp³-hybridized carbons (Fsp3) is 0.538. The Morgan fingerprint density at radius 1 is 1.55 bits per heavy atom. The molecule has 0 unspecified atom stereocenters. The molecule has 1 aliphatic carbocycles. The maximum absolute atomic E-state index is 11.8. The molecule has 2 heterocycles. The molecule has 0 spiro atoms. The monoisotopic (exact) mass is 275 g/mol. The number of nitrogens with zero attached hydrogens (tertiary/aromatic N) is 5. The second-order valence-electron chi connectivity index (χ2n) is 4.89. The highest BCUT2D eigenvalue weighted by atomic mass is 16.5. The van der Waals surface area contributed by atoms with Crippen molar-refractivity contribution in [3.63, 3.8) is 0 Å². The predicted octanol–water partition coefficient (Wildman–Crippen LogP) is 0.965. The van der Waals surface area contributed by atoms with Gasteiger partial charge >= 0.3 is 5.97 Å². The molecule has 20 heavy (non-hydrogen) atoms. The highest BCUT2D eigenvalue weighted by Crippen LogP contribution is 2.31. The van der Waals surface area contributed by atoms with Crippen LogP contribution in [0.15, 0.2) is 12.4 Å². The number of carbonyl (C=O) groups is 1. The number of carbonyl (C=O) groups excluding carboxylic acids is 1. The van der Waals surface area contributed by atoms with Crippen LogP contribution in [0.5, 0.6) is 0 Å². The van der Waals surface area contributed by atoms with E-state index >= 15 is 0 Å². The number of hydrogen-bond donors (Lipinski definition) is 0. The third-order valence-electron chi connectivity index (χ3n) is 3.25. The van der Waals surface area contributed by atoms with E-state index in [-0.39, 0.29) is 12.5 Å². The molecule has 7 nitrogen and oxygen atoms in total. The van der Waals surface area contributed by atoms with Crippen LogP contribution in [0.2, 0.25) is 0 Å². The minimum atomic E-state index is -0.220. The van der Waals surface area contributed by atoms with E-state index in [1.165, 1.54) is 6.33 Å². The van der Waals surface area contributed by atoms with E-state index in [0.717, 1.165) is 24.4 Å². The smallest absolute Gasteiger partial charge is 0.325 e. The second-order valence-corrected chi connectivity index (χ2v) is 4.89. The molecular formula is C13H17N5O2. The number of anilines is 1. The highest BCUT2D eigenvalue weighted by molar-refractivity contribution is 5.76. The zero-order chi connectivity index (χ0) is 14.1. The van der Waals surface area contributed by atoms with E-state index in [2.05, 4.69) is 15.1 Å². The number of fused-ring (bicyclic) bond motifs is 1. The first-order chi connectivity index (χ1) is 9.69. The van der Waals surface area contributed by atoms with Crippen molar-refractivity contribution in [3.05, 3.63) is 18.1 Å². The molecule has 7 heteroatoms. The van der Waals surface area contributed by atoms with E-state index < -0.39 is 0 Å². The molecule has 1 aliphatic rings. The quantitative estimate of drug-likeness (QED) is 0.757. The molecule has 2 aromatic heterocycles. The van der Waals surface area contributed by atoms with Gasteiger partial charge in [-0.25, -0.2) is 4.98 Å². The highest BCUT2D eigenvalue weighted by Gasteiger charge is 2.32. The van der Waals surface area contributed by atoms with Gasteiger partial charge in [0.2, 0.25) is 0 Å². The average Bonchev–Trinajstić information content (AvgIpc) is 3.14. The maximum Gasteiger partial charge on any atom is 0.325 e. The van der Waals surface area contributed by atoms with E-state index in [4.69, 9.17) is 4.74 Å². The van der Waals surface area contributed by atoms with Crippen LogP contribution in [0.25, 0.3) is 5.78 Å². The Balaban J connectivity index is 1.96. The lowest BCUT2D eigenvalue weighted by molar-refractivity contribution is -0.141. The Morgan fingerprint density at radius 2 is 2.35 bits per heavy atom. The van der Waals surface area contributed by atoms with E-state index in [1.807, 2.05) is 24.8 Å². The van der Waals surface area contributed by atoms with Gasteiger partial charge in [0, 0.05) is 17.8 Å². The summed E-state index contributed by atoms with van der Waals surface area (Å²) in [5, 5.41) is 4.19. The van der Waals surface area contributed by atoms with Gasteiger partial charge in [-0.3, -0.25) is 4.79 Å². The molecule has 0 bridgehead atoms. The Hall–Kier alpha value is -2.18. The van der Waals surface area contributed by atoms with Gasteiger partial charge in [0.25, 0.3) is 5.78 Å². The molecule has 0 aliphatic heterocycles. The fourth-order valence-electron chi connectivity index (χ4n) is 2.24. The van der Waals surface area contributed by atoms with Crippen molar-refractivity contribution >= 4 is 17.6 Å². The number of aryl methyl sites for hydroxylation is 1. The largest absolute Gasteiger partial charge is 0.465 e. The van der Waals surface area contributed by atoms with E-state index in [9.17, 15) is 4.79 Å². The Bertz CT molecular complexity index is 635. The molecule has 0 radical (unpaired) electrons. The number of esters is 1. The molecule has 0 atom stereocenters. The van der Waals surface area contributed by atoms with Crippen LogP contribution in [0.4, 0.5) is 5.82 Å². The molecular weight excluding hydrogens is 258 g/mol. The predicted molar refractivity (Wildman–Crippen MR) is 72.5 cm³/mol.